The fourth-order valence-corrected chi connectivity index (χ4v) is 2.92. The number of anilines is 1. The predicted octanol–water partition coefficient (Wildman–Crippen LogP) is 1.08. The van der Waals surface area contributed by atoms with Crippen LogP contribution in [-0.4, -0.2) is 47.2 Å². The zero-order valence-electron chi connectivity index (χ0n) is 12.0. The van der Waals surface area contributed by atoms with Crippen LogP contribution in [0.3, 0.4) is 0 Å². The smallest absolute Gasteiger partial charge is 0.273 e. The third-order valence-corrected chi connectivity index (χ3v) is 4.45. The lowest BCUT2D eigenvalue weighted by atomic mass is 10.0. The van der Waals surface area contributed by atoms with Crippen molar-refractivity contribution in [1.82, 2.24) is 20.4 Å². The molecule has 1 aromatic heterocycles. The molecule has 20 heavy (non-hydrogen) atoms. The first-order valence-corrected chi connectivity index (χ1v) is 7.49. The Morgan fingerprint density at radius 3 is 2.95 bits per heavy atom. The molecule has 2 heterocycles. The number of carbonyl (C=O) groups is 1. The molecule has 0 radical (unpaired) electrons. The molecule has 1 saturated heterocycles. The minimum Gasteiger partial charge on any atom is -0.395 e. The van der Waals surface area contributed by atoms with Crippen LogP contribution in [0.4, 0.5) is 5.69 Å². The number of nitrogens with one attached hydrogen (secondary N) is 2. The predicted molar refractivity (Wildman–Crippen MR) is 77.6 cm³/mol. The van der Waals surface area contributed by atoms with E-state index in [1.54, 1.807) is 0 Å². The maximum absolute atomic E-state index is 12.2. The van der Waals surface area contributed by atoms with Gasteiger partial charge in [-0.15, -0.1) is 0 Å². The number of likely N-dealkylation sites (N-methyl/N-ethyl adjacent to an activating group) is 1. The van der Waals surface area contributed by atoms with Gasteiger partial charge in [0.25, 0.3) is 5.91 Å². The molecule has 2 fully saturated rings. The zero-order valence-corrected chi connectivity index (χ0v) is 12.0. The Morgan fingerprint density at radius 1 is 1.45 bits per heavy atom. The number of rotatable bonds is 4. The molecule has 1 unspecified atom stereocenters. The number of likely N-dealkylation sites (tertiary alicyclic amines) is 1. The summed E-state index contributed by atoms with van der Waals surface area (Å²) in [5.74, 6) is 0.318. The summed E-state index contributed by atoms with van der Waals surface area (Å²) in [6.45, 7) is 1.78. The van der Waals surface area contributed by atoms with E-state index in [4.69, 9.17) is 5.73 Å². The first-order valence-electron chi connectivity index (χ1n) is 7.49. The number of aromatic amines is 1. The van der Waals surface area contributed by atoms with Gasteiger partial charge in [0.2, 0.25) is 0 Å². The van der Waals surface area contributed by atoms with E-state index < -0.39 is 0 Å². The third-order valence-electron chi connectivity index (χ3n) is 4.45. The van der Waals surface area contributed by atoms with Gasteiger partial charge in [-0.3, -0.25) is 9.89 Å². The lowest BCUT2D eigenvalue weighted by Gasteiger charge is -2.32. The number of carbonyl (C=O) groups excluding carboxylic acids is 1. The lowest BCUT2D eigenvalue weighted by Crippen LogP contribution is -2.44. The SMILES string of the molecule is CN1CCCCC1CNC(=O)c1n[nH]c(C2CC2)c1N. The molecule has 1 saturated carbocycles. The van der Waals surface area contributed by atoms with Crippen molar-refractivity contribution in [2.45, 2.75) is 44.1 Å². The number of H-pyrrole nitrogens is 1. The second kappa shape index (κ2) is 5.44. The van der Waals surface area contributed by atoms with Crippen molar-refractivity contribution < 1.29 is 4.79 Å². The average Bonchev–Trinajstić information content (AvgIpc) is 3.21. The van der Waals surface area contributed by atoms with E-state index in [2.05, 4.69) is 27.5 Å². The Hall–Kier alpha value is -1.56. The van der Waals surface area contributed by atoms with Crippen LogP contribution in [0.5, 0.6) is 0 Å². The van der Waals surface area contributed by atoms with Crippen LogP contribution < -0.4 is 11.1 Å². The molecule has 3 rings (SSSR count). The maximum atomic E-state index is 12.2. The van der Waals surface area contributed by atoms with Crippen LogP contribution in [-0.2, 0) is 0 Å². The van der Waals surface area contributed by atoms with Crippen molar-refractivity contribution in [3.05, 3.63) is 11.4 Å². The summed E-state index contributed by atoms with van der Waals surface area (Å²) in [5.41, 5.74) is 7.83. The minimum absolute atomic E-state index is 0.162. The molecular weight excluding hydrogens is 254 g/mol. The van der Waals surface area contributed by atoms with E-state index in [0.717, 1.165) is 31.5 Å². The Balaban J connectivity index is 1.58. The third kappa shape index (κ3) is 2.65. The van der Waals surface area contributed by atoms with Crippen molar-refractivity contribution in [2.24, 2.45) is 0 Å². The molecular formula is C14H23N5O. The van der Waals surface area contributed by atoms with Crippen molar-refractivity contribution >= 4 is 11.6 Å². The molecule has 2 aliphatic rings. The van der Waals surface area contributed by atoms with Crippen LogP contribution in [0.2, 0.25) is 0 Å². The van der Waals surface area contributed by atoms with Crippen LogP contribution in [0.25, 0.3) is 0 Å². The number of hydrogen-bond acceptors (Lipinski definition) is 4. The standard InChI is InChI=1S/C14H23N5O/c1-19-7-3-2-4-10(19)8-16-14(20)13-11(15)12(17-18-13)9-5-6-9/h9-10H,2-8,15H2,1H3,(H,16,20)(H,17,18). The first kappa shape index (κ1) is 13.4. The van der Waals surface area contributed by atoms with Gasteiger partial charge in [0.05, 0.1) is 11.4 Å². The summed E-state index contributed by atoms with van der Waals surface area (Å²) in [6.07, 6.45) is 5.90. The number of aromatic nitrogens is 2. The van der Waals surface area contributed by atoms with Gasteiger partial charge in [0.1, 0.15) is 0 Å². The van der Waals surface area contributed by atoms with Gasteiger partial charge in [-0.25, -0.2) is 0 Å². The summed E-state index contributed by atoms with van der Waals surface area (Å²) < 4.78 is 0. The Kier molecular flexibility index (Phi) is 3.65. The van der Waals surface area contributed by atoms with Gasteiger partial charge < -0.3 is 16.0 Å². The highest BCUT2D eigenvalue weighted by atomic mass is 16.2. The number of nitrogens with two attached hydrogens (primary N) is 1. The van der Waals surface area contributed by atoms with Crippen molar-refractivity contribution in [2.75, 3.05) is 25.9 Å². The van der Waals surface area contributed by atoms with Crippen LogP contribution in [0.15, 0.2) is 0 Å². The molecule has 6 heteroatoms. The highest BCUT2D eigenvalue weighted by Crippen LogP contribution is 2.42. The molecule has 1 aliphatic carbocycles. The summed E-state index contributed by atoms with van der Waals surface area (Å²) in [6, 6.07) is 0.427. The maximum Gasteiger partial charge on any atom is 0.273 e. The van der Waals surface area contributed by atoms with E-state index in [-0.39, 0.29) is 5.91 Å². The first-order chi connectivity index (χ1) is 9.66. The molecule has 1 aromatic rings. The van der Waals surface area contributed by atoms with E-state index in [1.807, 2.05) is 0 Å². The quantitative estimate of drug-likeness (QED) is 0.768. The van der Waals surface area contributed by atoms with E-state index in [1.165, 1.54) is 12.8 Å². The second-order valence-corrected chi connectivity index (χ2v) is 6.01. The van der Waals surface area contributed by atoms with Gasteiger partial charge in [-0.1, -0.05) is 6.42 Å². The fraction of sp³-hybridized carbons (Fsp3) is 0.714. The van der Waals surface area contributed by atoms with Gasteiger partial charge in [0, 0.05) is 18.5 Å². The second-order valence-electron chi connectivity index (χ2n) is 6.01. The molecule has 1 aliphatic heterocycles. The fourth-order valence-electron chi connectivity index (χ4n) is 2.92. The van der Waals surface area contributed by atoms with Gasteiger partial charge >= 0.3 is 0 Å². The Morgan fingerprint density at radius 2 is 2.25 bits per heavy atom. The number of amides is 1. The molecule has 0 aromatic carbocycles. The zero-order chi connectivity index (χ0) is 14.1. The van der Waals surface area contributed by atoms with Crippen LogP contribution >= 0.6 is 0 Å². The minimum atomic E-state index is -0.162. The molecule has 1 amide bonds. The molecule has 4 N–H and O–H groups in total. The summed E-state index contributed by atoms with van der Waals surface area (Å²) in [5, 5.41) is 9.97. The van der Waals surface area contributed by atoms with E-state index in [0.29, 0.717) is 29.9 Å². The lowest BCUT2D eigenvalue weighted by molar-refractivity contribution is 0.0924. The Labute approximate surface area is 119 Å². The molecule has 110 valence electrons. The van der Waals surface area contributed by atoms with Crippen molar-refractivity contribution in [3.63, 3.8) is 0 Å². The summed E-state index contributed by atoms with van der Waals surface area (Å²) in [4.78, 5) is 14.5. The Bertz CT molecular complexity index is 494. The number of hydrogen-bond donors (Lipinski definition) is 3. The monoisotopic (exact) mass is 277 g/mol. The van der Waals surface area contributed by atoms with Crippen molar-refractivity contribution in [1.29, 1.82) is 0 Å². The van der Waals surface area contributed by atoms with Crippen molar-refractivity contribution in [3.8, 4) is 0 Å². The van der Waals surface area contributed by atoms with Crippen LogP contribution in [0.1, 0.15) is 54.2 Å². The largest absolute Gasteiger partial charge is 0.395 e. The highest BCUT2D eigenvalue weighted by Gasteiger charge is 2.30. The molecule has 0 spiro atoms. The highest BCUT2D eigenvalue weighted by molar-refractivity contribution is 5.97. The number of piperidine rings is 1. The van der Waals surface area contributed by atoms with E-state index >= 15 is 0 Å². The number of nitrogens with zero attached hydrogens (tertiary/aromatic N) is 2. The number of nitrogen functional groups attached to an aromatic ring is 1. The summed E-state index contributed by atoms with van der Waals surface area (Å²) >= 11 is 0. The summed E-state index contributed by atoms with van der Waals surface area (Å²) in [7, 11) is 2.12. The van der Waals surface area contributed by atoms with E-state index in [9.17, 15) is 4.79 Å². The topological polar surface area (TPSA) is 87.0 Å². The normalized spacial score (nSPS) is 23.8. The molecule has 6 nitrogen and oxygen atoms in total. The van der Waals surface area contributed by atoms with Gasteiger partial charge in [-0.2, -0.15) is 5.10 Å². The average molecular weight is 277 g/mol. The molecule has 0 bridgehead atoms. The van der Waals surface area contributed by atoms with Crippen LogP contribution in [0, 0.1) is 0 Å². The molecule has 1 atom stereocenters. The van der Waals surface area contributed by atoms with Gasteiger partial charge in [0.15, 0.2) is 5.69 Å². The van der Waals surface area contributed by atoms with Gasteiger partial charge in [-0.05, 0) is 39.3 Å².